The molecule has 25 heavy (non-hydrogen) atoms. The zero-order chi connectivity index (χ0) is 18.2. The van der Waals surface area contributed by atoms with Gasteiger partial charge in [-0.3, -0.25) is 9.59 Å². The highest BCUT2D eigenvalue weighted by Gasteiger charge is 2.55. The highest BCUT2D eigenvalue weighted by Crippen LogP contribution is 2.43. The van der Waals surface area contributed by atoms with E-state index in [1.807, 2.05) is 0 Å². The van der Waals surface area contributed by atoms with Gasteiger partial charge in [0.2, 0.25) is 0 Å². The molecule has 0 saturated heterocycles. The minimum absolute atomic E-state index is 0.0266. The standard InChI is InChI=1S/C18H15FO6/c1-2-24-16(22)18(11-7-8-12(20)15(21)14(11)19)9-10-5-3-4-6-13(10)25-17(18)23/h3-8,20-21H,2,9H2,1H3. The predicted octanol–water partition coefficient (Wildman–Crippen LogP) is 2.20. The van der Waals surface area contributed by atoms with E-state index in [1.165, 1.54) is 0 Å². The maximum absolute atomic E-state index is 14.6. The van der Waals surface area contributed by atoms with Crippen LogP contribution >= 0.6 is 0 Å². The van der Waals surface area contributed by atoms with Gasteiger partial charge in [0.1, 0.15) is 5.75 Å². The fourth-order valence-electron chi connectivity index (χ4n) is 2.90. The molecule has 3 rings (SSSR count). The highest BCUT2D eigenvalue weighted by molar-refractivity contribution is 6.08. The van der Waals surface area contributed by atoms with E-state index in [9.17, 15) is 24.2 Å². The first kappa shape index (κ1) is 16.8. The molecule has 7 heteroatoms. The monoisotopic (exact) mass is 346 g/mol. The van der Waals surface area contributed by atoms with Crippen molar-refractivity contribution >= 4 is 11.9 Å². The molecule has 1 aliphatic rings. The summed E-state index contributed by atoms with van der Waals surface area (Å²) in [6.45, 7) is 1.53. The predicted molar refractivity (Wildman–Crippen MR) is 83.8 cm³/mol. The van der Waals surface area contributed by atoms with Crippen molar-refractivity contribution in [2.24, 2.45) is 0 Å². The summed E-state index contributed by atoms with van der Waals surface area (Å²) >= 11 is 0. The summed E-state index contributed by atoms with van der Waals surface area (Å²) in [5.41, 5.74) is -2.01. The average Bonchev–Trinajstić information content (AvgIpc) is 2.59. The number of carbonyl (C=O) groups is 2. The summed E-state index contributed by atoms with van der Waals surface area (Å²) in [7, 11) is 0. The first-order valence-electron chi connectivity index (χ1n) is 7.60. The lowest BCUT2D eigenvalue weighted by molar-refractivity contribution is -0.161. The van der Waals surface area contributed by atoms with Gasteiger partial charge in [0.25, 0.3) is 0 Å². The molecule has 2 N–H and O–H groups in total. The molecular formula is C18H15FO6. The molecule has 130 valence electrons. The van der Waals surface area contributed by atoms with Gasteiger partial charge in [-0.15, -0.1) is 0 Å². The van der Waals surface area contributed by atoms with E-state index >= 15 is 0 Å². The molecule has 0 spiro atoms. The van der Waals surface area contributed by atoms with Crippen LogP contribution in [-0.4, -0.2) is 28.8 Å². The SMILES string of the molecule is CCOC(=O)C1(c2ccc(O)c(O)c2F)Cc2ccccc2OC1=O. The first-order chi connectivity index (χ1) is 11.9. The third kappa shape index (κ3) is 2.48. The van der Waals surface area contributed by atoms with Gasteiger partial charge < -0.3 is 19.7 Å². The molecule has 2 aromatic rings. The summed E-state index contributed by atoms with van der Waals surface area (Å²) in [4.78, 5) is 25.4. The smallest absolute Gasteiger partial charge is 0.333 e. The number of ether oxygens (including phenoxy) is 2. The molecule has 0 bridgehead atoms. The Morgan fingerprint density at radius 3 is 2.72 bits per heavy atom. The van der Waals surface area contributed by atoms with Gasteiger partial charge in [0, 0.05) is 12.0 Å². The molecule has 0 amide bonds. The Labute approximate surface area is 142 Å². The number of carbonyl (C=O) groups excluding carboxylic acids is 2. The zero-order valence-electron chi connectivity index (χ0n) is 13.3. The maximum atomic E-state index is 14.6. The molecule has 1 aliphatic heterocycles. The molecule has 0 fully saturated rings. The zero-order valence-corrected chi connectivity index (χ0v) is 13.3. The van der Waals surface area contributed by atoms with Crippen molar-refractivity contribution in [3.63, 3.8) is 0 Å². The molecule has 1 atom stereocenters. The fraction of sp³-hybridized carbons (Fsp3) is 0.222. The molecule has 2 aromatic carbocycles. The molecule has 0 aliphatic carbocycles. The van der Waals surface area contributed by atoms with Crippen molar-refractivity contribution in [3.8, 4) is 17.2 Å². The normalized spacial score (nSPS) is 19.0. The number of para-hydroxylation sites is 1. The van der Waals surface area contributed by atoms with Crippen LogP contribution in [0.15, 0.2) is 36.4 Å². The van der Waals surface area contributed by atoms with Crippen LogP contribution < -0.4 is 4.74 Å². The fourth-order valence-corrected chi connectivity index (χ4v) is 2.90. The van der Waals surface area contributed by atoms with Crippen LogP contribution in [0, 0.1) is 5.82 Å². The minimum Gasteiger partial charge on any atom is -0.504 e. The van der Waals surface area contributed by atoms with Crippen molar-refractivity contribution in [3.05, 3.63) is 53.3 Å². The third-order valence-electron chi connectivity index (χ3n) is 4.16. The highest BCUT2D eigenvalue weighted by atomic mass is 19.1. The van der Waals surface area contributed by atoms with Gasteiger partial charge in [-0.2, -0.15) is 0 Å². The van der Waals surface area contributed by atoms with Crippen LogP contribution in [0.3, 0.4) is 0 Å². The number of phenols is 2. The van der Waals surface area contributed by atoms with Crippen molar-refractivity contribution in [1.82, 2.24) is 0 Å². The number of fused-ring (bicyclic) bond motifs is 1. The van der Waals surface area contributed by atoms with Gasteiger partial charge in [-0.05, 0) is 24.6 Å². The van der Waals surface area contributed by atoms with Gasteiger partial charge >= 0.3 is 11.9 Å². The lowest BCUT2D eigenvalue weighted by Crippen LogP contribution is -2.52. The summed E-state index contributed by atoms with van der Waals surface area (Å²) < 4.78 is 24.9. The maximum Gasteiger partial charge on any atom is 0.333 e. The quantitative estimate of drug-likeness (QED) is 0.383. The Balaban J connectivity index is 2.25. The molecular weight excluding hydrogens is 331 g/mol. The molecule has 0 radical (unpaired) electrons. The minimum atomic E-state index is -2.11. The Bertz CT molecular complexity index is 863. The number of benzene rings is 2. The molecule has 0 aromatic heterocycles. The van der Waals surface area contributed by atoms with Crippen LogP contribution in [-0.2, 0) is 26.2 Å². The van der Waals surface area contributed by atoms with E-state index in [2.05, 4.69) is 0 Å². The van der Waals surface area contributed by atoms with E-state index in [1.54, 1.807) is 31.2 Å². The Kier molecular flexibility index (Phi) is 4.08. The van der Waals surface area contributed by atoms with Crippen LogP contribution in [0.5, 0.6) is 17.2 Å². The number of hydrogen-bond donors (Lipinski definition) is 2. The third-order valence-corrected chi connectivity index (χ3v) is 4.16. The van der Waals surface area contributed by atoms with Crippen molar-refractivity contribution in [2.75, 3.05) is 6.61 Å². The molecule has 1 unspecified atom stereocenters. The number of halogens is 1. The lowest BCUT2D eigenvalue weighted by Gasteiger charge is -2.34. The largest absolute Gasteiger partial charge is 0.504 e. The summed E-state index contributed by atoms with van der Waals surface area (Å²) in [5, 5.41) is 19.1. The summed E-state index contributed by atoms with van der Waals surface area (Å²) in [5.74, 6) is -4.75. The van der Waals surface area contributed by atoms with E-state index in [-0.39, 0.29) is 18.8 Å². The van der Waals surface area contributed by atoms with Gasteiger partial charge in [-0.1, -0.05) is 24.3 Å². The number of esters is 2. The Hall–Kier alpha value is -3.09. The summed E-state index contributed by atoms with van der Waals surface area (Å²) in [6.07, 6.45) is -0.192. The second-order valence-corrected chi connectivity index (χ2v) is 5.59. The van der Waals surface area contributed by atoms with Gasteiger partial charge in [0.05, 0.1) is 6.61 Å². The van der Waals surface area contributed by atoms with Crippen molar-refractivity contribution in [2.45, 2.75) is 18.8 Å². The first-order valence-corrected chi connectivity index (χ1v) is 7.60. The second-order valence-electron chi connectivity index (χ2n) is 5.59. The topological polar surface area (TPSA) is 93.1 Å². The number of hydrogen-bond acceptors (Lipinski definition) is 6. The Morgan fingerprint density at radius 1 is 1.28 bits per heavy atom. The number of phenolic OH excluding ortho intramolecular Hbond substituents is 2. The van der Waals surface area contributed by atoms with Crippen LogP contribution in [0.2, 0.25) is 0 Å². The van der Waals surface area contributed by atoms with Crippen molar-refractivity contribution in [1.29, 1.82) is 0 Å². The van der Waals surface area contributed by atoms with Crippen molar-refractivity contribution < 1.29 is 33.7 Å². The van der Waals surface area contributed by atoms with Crippen LogP contribution in [0.4, 0.5) is 4.39 Å². The van der Waals surface area contributed by atoms with E-state index < -0.39 is 40.2 Å². The van der Waals surface area contributed by atoms with Crippen LogP contribution in [0.25, 0.3) is 0 Å². The van der Waals surface area contributed by atoms with Gasteiger partial charge in [-0.25, -0.2) is 4.39 Å². The van der Waals surface area contributed by atoms with Gasteiger partial charge in [0.15, 0.2) is 22.7 Å². The molecule has 6 nitrogen and oxygen atoms in total. The average molecular weight is 346 g/mol. The van der Waals surface area contributed by atoms with E-state index in [0.717, 1.165) is 12.1 Å². The second kappa shape index (κ2) is 6.08. The molecule has 1 heterocycles. The lowest BCUT2D eigenvalue weighted by atomic mass is 9.73. The number of rotatable bonds is 3. The molecule has 0 saturated carbocycles. The Morgan fingerprint density at radius 2 is 2.00 bits per heavy atom. The van der Waals surface area contributed by atoms with Crippen LogP contribution in [0.1, 0.15) is 18.1 Å². The van der Waals surface area contributed by atoms with E-state index in [4.69, 9.17) is 9.47 Å². The summed E-state index contributed by atoms with van der Waals surface area (Å²) in [6, 6.07) is 8.63. The number of aromatic hydroxyl groups is 2. The van der Waals surface area contributed by atoms with E-state index in [0.29, 0.717) is 5.56 Å².